The van der Waals surface area contributed by atoms with Gasteiger partial charge in [-0.3, -0.25) is 0 Å². The molecule has 0 aliphatic carbocycles. The van der Waals surface area contributed by atoms with Crippen LogP contribution in [0.2, 0.25) is 5.02 Å². The quantitative estimate of drug-likeness (QED) is 0.815. The molecular formula is C14H18ClN3OS. The van der Waals surface area contributed by atoms with Gasteiger partial charge < -0.3 is 10.3 Å². The third-order valence-corrected chi connectivity index (χ3v) is 3.97. The summed E-state index contributed by atoms with van der Waals surface area (Å²) in [4.78, 5) is 5.46. The van der Waals surface area contributed by atoms with Gasteiger partial charge in [0.15, 0.2) is 5.82 Å². The topological polar surface area (TPSA) is 64.9 Å². The summed E-state index contributed by atoms with van der Waals surface area (Å²) in [5.74, 6) is 2.34. The predicted octanol–water partition coefficient (Wildman–Crippen LogP) is 4.06. The monoisotopic (exact) mass is 311 g/mol. The SMILES string of the molecule is CC(C)CC(N)c1nc(CSc2ccc(Cl)cc2)no1. The van der Waals surface area contributed by atoms with Gasteiger partial charge in [-0.2, -0.15) is 4.98 Å². The van der Waals surface area contributed by atoms with E-state index in [1.807, 2.05) is 24.3 Å². The van der Waals surface area contributed by atoms with Crippen LogP contribution >= 0.6 is 23.4 Å². The van der Waals surface area contributed by atoms with E-state index in [1.54, 1.807) is 11.8 Å². The fraction of sp³-hybridized carbons (Fsp3) is 0.429. The molecule has 0 amide bonds. The summed E-state index contributed by atoms with van der Waals surface area (Å²) in [6.07, 6.45) is 0.839. The van der Waals surface area contributed by atoms with Gasteiger partial charge in [-0.05, 0) is 36.6 Å². The molecule has 0 fully saturated rings. The fourth-order valence-corrected chi connectivity index (χ4v) is 2.63. The van der Waals surface area contributed by atoms with Crippen molar-refractivity contribution in [2.24, 2.45) is 11.7 Å². The summed E-state index contributed by atoms with van der Waals surface area (Å²) in [7, 11) is 0. The Morgan fingerprint density at radius 3 is 2.65 bits per heavy atom. The smallest absolute Gasteiger partial charge is 0.243 e. The van der Waals surface area contributed by atoms with Gasteiger partial charge in [0.25, 0.3) is 0 Å². The summed E-state index contributed by atoms with van der Waals surface area (Å²) in [6.45, 7) is 4.24. The van der Waals surface area contributed by atoms with Crippen molar-refractivity contribution in [1.82, 2.24) is 10.1 Å². The van der Waals surface area contributed by atoms with E-state index in [0.717, 1.165) is 16.3 Å². The van der Waals surface area contributed by atoms with Crippen LogP contribution < -0.4 is 5.73 Å². The minimum absolute atomic E-state index is 0.184. The molecule has 2 aromatic rings. The summed E-state index contributed by atoms with van der Waals surface area (Å²) in [5.41, 5.74) is 6.02. The highest BCUT2D eigenvalue weighted by atomic mass is 35.5. The first kappa shape index (κ1) is 15.4. The number of rotatable bonds is 6. The van der Waals surface area contributed by atoms with Gasteiger partial charge in [0.2, 0.25) is 5.89 Å². The summed E-state index contributed by atoms with van der Waals surface area (Å²) < 4.78 is 5.21. The molecule has 0 saturated carbocycles. The van der Waals surface area contributed by atoms with Crippen molar-refractivity contribution in [3.05, 3.63) is 41.0 Å². The predicted molar refractivity (Wildman–Crippen MR) is 81.7 cm³/mol. The number of nitrogens with zero attached hydrogens (tertiary/aromatic N) is 2. The van der Waals surface area contributed by atoms with Crippen molar-refractivity contribution in [2.75, 3.05) is 0 Å². The first-order chi connectivity index (χ1) is 9.54. The van der Waals surface area contributed by atoms with Crippen molar-refractivity contribution < 1.29 is 4.52 Å². The van der Waals surface area contributed by atoms with Crippen LogP contribution in [0, 0.1) is 5.92 Å². The van der Waals surface area contributed by atoms with Gasteiger partial charge in [0, 0.05) is 9.92 Å². The fourth-order valence-electron chi connectivity index (χ4n) is 1.76. The van der Waals surface area contributed by atoms with Crippen LogP contribution in [0.5, 0.6) is 0 Å². The Kier molecular flexibility index (Phi) is 5.46. The first-order valence-electron chi connectivity index (χ1n) is 6.51. The lowest BCUT2D eigenvalue weighted by Gasteiger charge is -2.08. The number of thioether (sulfide) groups is 1. The average molecular weight is 312 g/mol. The van der Waals surface area contributed by atoms with E-state index in [4.69, 9.17) is 21.9 Å². The number of aromatic nitrogens is 2. The van der Waals surface area contributed by atoms with Crippen LogP contribution in [-0.2, 0) is 5.75 Å². The maximum Gasteiger partial charge on any atom is 0.243 e. The van der Waals surface area contributed by atoms with E-state index in [9.17, 15) is 0 Å². The molecule has 0 bridgehead atoms. The summed E-state index contributed by atoms with van der Waals surface area (Å²) >= 11 is 7.48. The largest absolute Gasteiger partial charge is 0.338 e. The van der Waals surface area contributed by atoms with Gasteiger partial charge in [-0.15, -0.1) is 11.8 Å². The molecule has 108 valence electrons. The van der Waals surface area contributed by atoms with E-state index in [1.165, 1.54) is 0 Å². The molecule has 0 spiro atoms. The molecule has 0 saturated heterocycles. The second kappa shape index (κ2) is 7.11. The average Bonchev–Trinajstić information content (AvgIpc) is 2.86. The highest BCUT2D eigenvalue weighted by Gasteiger charge is 2.16. The van der Waals surface area contributed by atoms with Gasteiger partial charge in [-0.25, -0.2) is 0 Å². The first-order valence-corrected chi connectivity index (χ1v) is 7.87. The number of nitrogens with two attached hydrogens (primary N) is 1. The summed E-state index contributed by atoms with van der Waals surface area (Å²) in [5, 5.41) is 4.70. The van der Waals surface area contributed by atoms with Crippen LogP contribution in [0.1, 0.15) is 38.0 Å². The Hall–Kier alpha value is -1.04. The van der Waals surface area contributed by atoms with E-state index in [-0.39, 0.29) is 6.04 Å². The zero-order valence-electron chi connectivity index (χ0n) is 11.5. The Balaban J connectivity index is 1.91. The molecule has 1 aromatic heterocycles. The van der Waals surface area contributed by atoms with Crippen molar-refractivity contribution >= 4 is 23.4 Å². The second-order valence-corrected chi connectivity index (χ2v) is 6.51. The molecule has 2 N–H and O–H groups in total. The minimum Gasteiger partial charge on any atom is -0.338 e. The minimum atomic E-state index is -0.184. The molecule has 1 unspecified atom stereocenters. The third-order valence-electron chi connectivity index (χ3n) is 2.71. The molecule has 1 aromatic carbocycles. The lowest BCUT2D eigenvalue weighted by Crippen LogP contribution is -2.13. The van der Waals surface area contributed by atoms with Gasteiger partial charge in [0.1, 0.15) is 0 Å². The maximum atomic E-state index is 6.02. The van der Waals surface area contributed by atoms with Crippen molar-refractivity contribution in [3.63, 3.8) is 0 Å². The molecule has 4 nitrogen and oxygen atoms in total. The van der Waals surface area contributed by atoms with Gasteiger partial charge in [0.05, 0.1) is 11.8 Å². The lowest BCUT2D eigenvalue weighted by molar-refractivity contribution is 0.333. The van der Waals surface area contributed by atoms with Gasteiger partial charge >= 0.3 is 0 Å². The molecule has 6 heteroatoms. The van der Waals surface area contributed by atoms with Crippen LogP contribution in [0.4, 0.5) is 0 Å². The molecule has 0 aliphatic rings. The van der Waals surface area contributed by atoms with Crippen LogP contribution in [0.15, 0.2) is 33.7 Å². The molecular weight excluding hydrogens is 294 g/mol. The lowest BCUT2D eigenvalue weighted by atomic mass is 10.0. The van der Waals surface area contributed by atoms with E-state index < -0.39 is 0 Å². The van der Waals surface area contributed by atoms with E-state index in [2.05, 4.69) is 24.0 Å². The zero-order chi connectivity index (χ0) is 14.5. The van der Waals surface area contributed by atoms with Crippen LogP contribution in [0.3, 0.4) is 0 Å². The Bertz CT molecular complexity index is 542. The highest BCUT2D eigenvalue weighted by molar-refractivity contribution is 7.98. The van der Waals surface area contributed by atoms with Gasteiger partial charge in [-0.1, -0.05) is 30.6 Å². The Morgan fingerprint density at radius 2 is 2.00 bits per heavy atom. The molecule has 1 heterocycles. The molecule has 0 radical (unpaired) electrons. The maximum absolute atomic E-state index is 6.02. The molecule has 20 heavy (non-hydrogen) atoms. The van der Waals surface area contributed by atoms with E-state index in [0.29, 0.717) is 23.4 Å². The summed E-state index contributed by atoms with van der Waals surface area (Å²) in [6, 6.07) is 7.49. The number of hydrogen-bond donors (Lipinski definition) is 1. The standard InChI is InChI=1S/C14H18ClN3OS/c1-9(2)7-12(16)14-17-13(18-19-14)8-20-11-5-3-10(15)4-6-11/h3-6,9,12H,7-8,16H2,1-2H3. The Labute approximate surface area is 128 Å². The molecule has 1 atom stereocenters. The van der Waals surface area contributed by atoms with E-state index >= 15 is 0 Å². The number of halogens is 1. The molecule has 2 rings (SSSR count). The number of benzene rings is 1. The number of hydrogen-bond acceptors (Lipinski definition) is 5. The normalized spacial score (nSPS) is 12.8. The third kappa shape index (κ3) is 4.51. The van der Waals surface area contributed by atoms with Crippen molar-refractivity contribution in [2.45, 2.75) is 37.0 Å². The molecule has 0 aliphatic heterocycles. The van der Waals surface area contributed by atoms with Crippen LogP contribution in [-0.4, -0.2) is 10.1 Å². The van der Waals surface area contributed by atoms with Crippen LogP contribution in [0.25, 0.3) is 0 Å². The zero-order valence-corrected chi connectivity index (χ0v) is 13.1. The van der Waals surface area contributed by atoms with Crippen molar-refractivity contribution in [1.29, 1.82) is 0 Å². The second-order valence-electron chi connectivity index (χ2n) is 5.03. The highest BCUT2D eigenvalue weighted by Crippen LogP contribution is 2.24. The van der Waals surface area contributed by atoms with Crippen molar-refractivity contribution in [3.8, 4) is 0 Å². The Morgan fingerprint density at radius 1 is 1.30 bits per heavy atom.